The van der Waals surface area contributed by atoms with Crippen LogP contribution in [0.3, 0.4) is 0 Å². The van der Waals surface area contributed by atoms with Crippen molar-refractivity contribution in [3.63, 3.8) is 0 Å². The smallest absolute Gasteiger partial charge is 0.302 e. The predicted molar refractivity (Wildman–Crippen MR) is 107 cm³/mol. The van der Waals surface area contributed by atoms with E-state index in [1.807, 2.05) is 12.1 Å². The SMILES string of the molecule is CCCCCc1ccc2cc3cc(OCCOC(C)=O)ccc3cc2c1. The van der Waals surface area contributed by atoms with Crippen molar-refractivity contribution in [2.45, 2.75) is 39.5 Å². The summed E-state index contributed by atoms with van der Waals surface area (Å²) in [4.78, 5) is 10.8. The largest absolute Gasteiger partial charge is 0.490 e. The lowest BCUT2D eigenvalue weighted by atomic mass is 9.99. The maximum absolute atomic E-state index is 10.8. The summed E-state index contributed by atoms with van der Waals surface area (Å²) in [6.07, 6.45) is 4.94. The highest BCUT2D eigenvalue weighted by molar-refractivity contribution is 5.98. The number of hydrogen-bond donors (Lipinski definition) is 0. The zero-order valence-corrected chi connectivity index (χ0v) is 15.6. The molecule has 0 fully saturated rings. The van der Waals surface area contributed by atoms with Gasteiger partial charge in [0.15, 0.2) is 0 Å². The van der Waals surface area contributed by atoms with E-state index in [1.54, 1.807) is 0 Å². The highest BCUT2D eigenvalue weighted by Crippen LogP contribution is 2.27. The topological polar surface area (TPSA) is 35.5 Å². The van der Waals surface area contributed by atoms with Crippen LogP contribution < -0.4 is 4.74 Å². The van der Waals surface area contributed by atoms with Gasteiger partial charge in [0.25, 0.3) is 0 Å². The lowest BCUT2D eigenvalue weighted by Gasteiger charge is -2.09. The highest BCUT2D eigenvalue weighted by atomic mass is 16.6. The number of carbonyl (C=O) groups excluding carboxylic acids is 1. The molecule has 0 radical (unpaired) electrons. The molecule has 0 saturated heterocycles. The first-order chi connectivity index (χ1) is 12.7. The van der Waals surface area contributed by atoms with Gasteiger partial charge < -0.3 is 9.47 Å². The number of rotatable bonds is 8. The zero-order valence-electron chi connectivity index (χ0n) is 15.6. The first kappa shape index (κ1) is 18.2. The van der Waals surface area contributed by atoms with Crippen molar-refractivity contribution >= 4 is 27.5 Å². The number of hydrogen-bond acceptors (Lipinski definition) is 3. The number of esters is 1. The highest BCUT2D eigenvalue weighted by Gasteiger charge is 2.03. The van der Waals surface area contributed by atoms with Gasteiger partial charge >= 0.3 is 5.97 Å². The lowest BCUT2D eigenvalue weighted by Crippen LogP contribution is -2.09. The third-order valence-corrected chi connectivity index (χ3v) is 4.56. The minimum Gasteiger partial charge on any atom is -0.490 e. The second kappa shape index (κ2) is 8.70. The Bertz CT molecular complexity index is 898. The van der Waals surface area contributed by atoms with Gasteiger partial charge in [-0.25, -0.2) is 0 Å². The van der Waals surface area contributed by atoms with E-state index in [9.17, 15) is 4.79 Å². The van der Waals surface area contributed by atoms with E-state index < -0.39 is 0 Å². The Hall–Kier alpha value is -2.55. The van der Waals surface area contributed by atoms with Crippen LogP contribution in [0.5, 0.6) is 5.75 Å². The monoisotopic (exact) mass is 350 g/mol. The Balaban J connectivity index is 1.76. The number of ether oxygens (including phenoxy) is 2. The molecule has 3 nitrogen and oxygen atoms in total. The number of fused-ring (bicyclic) bond motifs is 2. The molecule has 0 aromatic heterocycles. The molecule has 26 heavy (non-hydrogen) atoms. The molecule has 0 amide bonds. The van der Waals surface area contributed by atoms with E-state index in [0.29, 0.717) is 6.61 Å². The molecular weight excluding hydrogens is 324 g/mol. The fourth-order valence-corrected chi connectivity index (χ4v) is 3.19. The Labute approximate surface area is 154 Å². The summed E-state index contributed by atoms with van der Waals surface area (Å²) in [6, 6.07) is 17.3. The molecule has 0 N–H and O–H groups in total. The molecule has 3 heteroatoms. The van der Waals surface area contributed by atoms with Gasteiger partial charge in [0.1, 0.15) is 19.0 Å². The molecule has 3 aromatic carbocycles. The third-order valence-electron chi connectivity index (χ3n) is 4.56. The summed E-state index contributed by atoms with van der Waals surface area (Å²) in [6.45, 7) is 4.27. The lowest BCUT2D eigenvalue weighted by molar-refractivity contribution is -0.141. The van der Waals surface area contributed by atoms with E-state index in [0.717, 1.165) is 17.6 Å². The fourth-order valence-electron chi connectivity index (χ4n) is 3.19. The summed E-state index contributed by atoms with van der Waals surface area (Å²) in [7, 11) is 0. The Morgan fingerprint density at radius 2 is 1.58 bits per heavy atom. The third kappa shape index (κ3) is 4.75. The molecule has 0 heterocycles. The van der Waals surface area contributed by atoms with Crippen LogP contribution >= 0.6 is 0 Å². The molecule has 0 saturated carbocycles. The summed E-state index contributed by atoms with van der Waals surface area (Å²) in [5.74, 6) is 0.507. The fraction of sp³-hybridized carbons (Fsp3) is 0.348. The van der Waals surface area contributed by atoms with Crippen LogP contribution in [0.1, 0.15) is 38.7 Å². The van der Waals surface area contributed by atoms with Crippen LogP contribution in [-0.2, 0) is 16.0 Å². The van der Waals surface area contributed by atoms with E-state index in [1.165, 1.54) is 47.9 Å². The van der Waals surface area contributed by atoms with Crippen molar-refractivity contribution in [2.24, 2.45) is 0 Å². The van der Waals surface area contributed by atoms with Gasteiger partial charge in [0.05, 0.1) is 0 Å². The summed E-state index contributed by atoms with van der Waals surface area (Å²) >= 11 is 0. The van der Waals surface area contributed by atoms with Crippen LogP contribution in [0.2, 0.25) is 0 Å². The Morgan fingerprint density at radius 3 is 2.31 bits per heavy atom. The van der Waals surface area contributed by atoms with Crippen LogP contribution in [0.15, 0.2) is 48.5 Å². The molecule has 0 unspecified atom stereocenters. The zero-order chi connectivity index (χ0) is 18.4. The minimum atomic E-state index is -0.285. The quantitative estimate of drug-likeness (QED) is 0.298. The van der Waals surface area contributed by atoms with Crippen molar-refractivity contribution < 1.29 is 14.3 Å². The normalized spacial score (nSPS) is 11.0. The van der Waals surface area contributed by atoms with Gasteiger partial charge in [-0.05, 0) is 64.2 Å². The van der Waals surface area contributed by atoms with Crippen LogP contribution in [-0.4, -0.2) is 19.2 Å². The van der Waals surface area contributed by atoms with Gasteiger partial charge in [-0.2, -0.15) is 0 Å². The molecule has 0 atom stereocenters. The van der Waals surface area contributed by atoms with Crippen molar-refractivity contribution in [1.82, 2.24) is 0 Å². The number of aryl methyl sites for hydroxylation is 1. The second-order valence-corrected chi connectivity index (χ2v) is 6.69. The van der Waals surface area contributed by atoms with Crippen molar-refractivity contribution in [1.29, 1.82) is 0 Å². The molecule has 3 aromatic rings. The molecule has 3 rings (SSSR count). The van der Waals surface area contributed by atoms with Gasteiger partial charge in [-0.15, -0.1) is 0 Å². The average Bonchev–Trinajstić information content (AvgIpc) is 2.63. The van der Waals surface area contributed by atoms with Gasteiger partial charge in [-0.3, -0.25) is 4.79 Å². The van der Waals surface area contributed by atoms with Crippen LogP contribution in [0.4, 0.5) is 0 Å². The Morgan fingerprint density at radius 1 is 0.846 bits per heavy atom. The van der Waals surface area contributed by atoms with E-state index in [-0.39, 0.29) is 12.6 Å². The van der Waals surface area contributed by atoms with Crippen LogP contribution in [0, 0.1) is 0 Å². The second-order valence-electron chi connectivity index (χ2n) is 6.69. The molecule has 0 aliphatic heterocycles. The number of unbranched alkanes of at least 4 members (excludes halogenated alkanes) is 2. The van der Waals surface area contributed by atoms with Crippen molar-refractivity contribution in [2.75, 3.05) is 13.2 Å². The van der Waals surface area contributed by atoms with E-state index in [2.05, 4.69) is 43.3 Å². The molecular formula is C23H26O3. The maximum Gasteiger partial charge on any atom is 0.302 e. The minimum absolute atomic E-state index is 0.270. The molecule has 0 bridgehead atoms. The van der Waals surface area contributed by atoms with Gasteiger partial charge in [0.2, 0.25) is 0 Å². The van der Waals surface area contributed by atoms with Crippen molar-refractivity contribution in [3.8, 4) is 5.75 Å². The molecule has 0 spiro atoms. The maximum atomic E-state index is 10.8. The average molecular weight is 350 g/mol. The summed E-state index contributed by atoms with van der Waals surface area (Å²) in [5.41, 5.74) is 1.41. The molecule has 136 valence electrons. The number of carbonyl (C=O) groups is 1. The number of benzene rings is 3. The molecule has 0 aliphatic carbocycles. The first-order valence-corrected chi connectivity index (χ1v) is 9.38. The van der Waals surface area contributed by atoms with Gasteiger partial charge in [0, 0.05) is 6.92 Å². The summed E-state index contributed by atoms with van der Waals surface area (Å²) < 4.78 is 10.6. The predicted octanol–water partition coefficient (Wildman–Crippen LogP) is 5.67. The van der Waals surface area contributed by atoms with Gasteiger partial charge in [-0.1, -0.05) is 44.0 Å². The molecule has 0 aliphatic rings. The van der Waals surface area contributed by atoms with E-state index >= 15 is 0 Å². The Kier molecular flexibility index (Phi) is 6.11. The summed E-state index contributed by atoms with van der Waals surface area (Å²) in [5, 5.41) is 4.89. The van der Waals surface area contributed by atoms with Crippen molar-refractivity contribution in [3.05, 3.63) is 54.1 Å². The first-order valence-electron chi connectivity index (χ1n) is 9.38. The van der Waals surface area contributed by atoms with Crippen LogP contribution in [0.25, 0.3) is 21.5 Å². The van der Waals surface area contributed by atoms with E-state index in [4.69, 9.17) is 9.47 Å². The standard InChI is InChI=1S/C23H26O3/c1-3-4-5-6-18-7-8-19-15-22-16-23(26-12-11-25-17(2)24)10-9-20(22)14-21(19)13-18/h7-10,13-16H,3-6,11-12H2,1-2H3.